The lowest BCUT2D eigenvalue weighted by Crippen LogP contribution is -2.16. The third-order valence-corrected chi connectivity index (χ3v) is 2.56. The van der Waals surface area contributed by atoms with Gasteiger partial charge in [0, 0.05) is 12.2 Å². The molecule has 0 bridgehead atoms. The fraction of sp³-hybridized carbons (Fsp3) is 0.556. The lowest BCUT2D eigenvalue weighted by Gasteiger charge is -2.13. The van der Waals surface area contributed by atoms with Crippen LogP contribution >= 0.6 is 22.6 Å². The molecular weight excluding hydrogens is 277 g/mol. The first-order chi connectivity index (χ1) is 6.24. The van der Waals surface area contributed by atoms with Crippen LogP contribution in [0.2, 0.25) is 0 Å². The molecule has 1 atom stereocenters. The second kappa shape index (κ2) is 5.36. The minimum Gasteiger partial charge on any atom is -0.367 e. The number of anilines is 1. The molecule has 1 heterocycles. The molecule has 72 valence electrons. The van der Waals surface area contributed by atoms with E-state index >= 15 is 0 Å². The van der Waals surface area contributed by atoms with Crippen LogP contribution in [0.5, 0.6) is 0 Å². The molecule has 0 saturated heterocycles. The molecule has 1 aromatic heterocycles. The molecule has 13 heavy (non-hydrogen) atoms. The summed E-state index contributed by atoms with van der Waals surface area (Å²) in [6.45, 7) is 4.35. The third kappa shape index (κ3) is 3.46. The second-order valence-electron chi connectivity index (χ2n) is 3.05. The molecule has 3 nitrogen and oxygen atoms in total. The van der Waals surface area contributed by atoms with Gasteiger partial charge in [0.05, 0.1) is 3.57 Å². The Bertz CT molecular complexity index is 265. The molecule has 0 aromatic carbocycles. The van der Waals surface area contributed by atoms with E-state index in [9.17, 15) is 0 Å². The zero-order valence-electron chi connectivity index (χ0n) is 7.92. The molecule has 1 rings (SSSR count). The predicted octanol–water partition coefficient (Wildman–Crippen LogP) is 2.68. The molecule has 0 saturated carbocycles. The highest BCUT2D eigenvalue weighted by atomic mass is 127. The molecular formula is C9H14IN3. The maximum absolute atomic E-state index is 4.17. The minimum absolute atomic E-state index is 0.480. The fourth-order valence-electron chi connectivity index (χ4n) is 1.16. The first kappa shape index (κ1) is 10.7. The van der Waals surface area contributed by atoms with Gasteiger partial charge in [-0.15, -0.1) is 0 Å². The number of aromatic nitrogens is 2. The summed E-state index contributed by atoms with van der Waals surface area (Å²) < 4.78 is 1.07. The summed E-state index contributed by atoms with van der Waals surface area (Å²) in [5.41, 5.74) is 0. The van der Waals surface area contributed by atoms with Crippen molar-refractivity contribution in [3.63, 3.8) is 0 Å². The molecule has 0 amide bonds. The number of nitrogens with one attached hydrogen (secondary N) is 1. The topological polar surface area (TPSA) is 37.8 Å². The van der Waals surface area contributed by atoms with E-state index in [1.165, 1.54) is 12.8 Å². The third-order valence-electron chi connectivity index (χ3n) is 1.77. The molecule has 0 aliphatic rings. The average Bonchev–Trinajstić information content (AvgIpc) is 2.09. The highest BCUT2D eigenvalue weighted by Gasteiger charge is 2.04. The Labute approximate surface area is 92.5 Å². The molecule has 0 aliphatic carbocycles. The van der Waals surface area contributed by atoms with E-state index in [0.29, 0.717) is 6.04 Å². The van der Waals surface area contributed by atoms with Gasteiger partial charge in [-0.2, -0.15) is 0 Å². The number of hydrogen-bond donors (Lipinski definition) is 1. The van der Waals surface area contributed by atoms with Gasteiger partial charge in [0.1, 0.15) is 12.1 Å². The smallest absolute Gasteiger partial charge is 0.143 e. The van der Waals surface area contributed by atoms with Gasteiger partial charge in [-0.1, -0.05) is 13.3 Å². The summed E-state index contributed by atoms with van der Waals surface area (Å²) in [7, 11) is 0. The van der Waals surface area contributed by atoms with Gasteiger partial charge in [-0.3, -0.25) is 0 Å². The SMILES string of the molecule is CCCC(C)Nc1ncncc1I. The van der Waals surface area contributed by atoms with E-state index in [1.54, 1.807) is 6.33 Å². The molecule has 0 fully saturated rings. The van der Waals surface area contributed by atoms with E-state index < -0.39 is 0 Å². The van der Waals surface area contributed by atoms with Gasteiger partial charge in [0.15, 0.2) is 0 Å². The normalized spacial score (nSPS) is 12.5. The first-order valence-electron chi connectivity index (χ1n) is 4.46. The van der Waals surface area contributed by atoms with Crippen molar-refractivity contribution in [2.45, 2.75) is 32.7 Å². The summed E-state index contributed by atoms with van der Waals surface area (Å²) in [5, 5.41) is 3.35. The Morgan fingerprint density at radius 1 is 1.62 bits per heavy atom. The first-order valence-corrected chi connectivity index (χ1v) is 5.54. The molecule has 0 radical (unpaired) electrons. The molecule has 1 aromatic rings. The van der Waals surface area contributed by atoms with E-state index in [0.717, 1.165) is 9.39 Å². The zero-order chi connectivity index (χ0) is 9.68. The van der Waals surface area contributed by atoms with Crippen LogP contribution in [0.15, 0.2) is 12.5 Å². The van der Waals surface area contributed by atoms with Crippen molar-refractivity contribution in [1.29, 1.82) is 0 Å². The summed E-state index contributed by atoms with van der Waals surface area (Å²) in [6.07, 6.45) is 5.74. The monoisotopic (exact) mass is 291 g/mol. The highest BCUT2D eigenvalue weighted by molar-refractivity contribution is 14.1. The number of halogens is 1. The maximum Gasteiger partial charge on any atom is 0.143 e. The van der Waals surface area contributed by atoms with Crippen molar-refractivity contribution in [3.05, 3.63) is 16.1 Å². The van der Waals surface area contributed by atoms with E-state index in [1.807, 2.05) is 6.20 Å². The lowest BCUT2D eigenvalue weighted by molar-refractivity contribution is 0.686. The Morgan fingerprint density at radius 3 is 3.00 bits per heavy atom. The molecule has 1 unspecified atom stereocenters. The van der Waals surface area contributed by atoms with Crippen LogP contribution in [-0.2, 0) is 0 Å². The van der Waals surface area contributed by atoms with Crippen molar-refractivity contribution >= 4 is 28.4 Å². The van der Waals surface area contributed by atoms with Crippen LogP contribution in [0.25, 0.3) is 0 Å². The lowest BCUT2D eigenvalue weighted by atomic mass is 10.2. The Kier molecular flexibility index (Phi) is 4.41. The van der Waals surface area contributed by atoms with Gasteiger partial charge >= 0.3 is 0 Å². The van der Waals surface area contributed by atoms with Crippen molar-refractivity contribution in [1.82, 2.24) is 9.97 Å². The summed E-state index contributed by atoms with van der Waals surface area (Å²) in [5.74, 6) is 0.941. The van der Waals surface area contributed by atoms with Crippen LogP contribution in [-0.4, -0.2) is 16.0 Å². The Hall–Kier alpha value is -0.390. The highest BCUT2D eigenvalue weighted by Crippen LogP contribution is 2.14. The van der Waals surface area contributed by atoms with Crippen molar-refractivity contribution in [2.24, 2.45) is 0 Å². The number of hydrogen-bond acceptors (Lipinski definition) is 3. The fourth-order valence-corrected chi connectivity index (χ4v) is 1.61. The average molecular weight is 291 g/mol. The van der Waals surface area contributed by atoms with Crippen molar-refractivity contribution in [3.8, 4) is 0 Å². The standard InChI is InChI=1S/C9H14IN3/c1-3-4-7(2)13-9-8(10)5-11-6-12-9/h5-7H,3-4H2,1-2H3,(H,11,12,13). The number of nitrogens with zero attached hydrogens (tertiary/aromatic N) is 2. The summed E-state index contributed by atoms with van der Waals surface area (Å²) in [6, 6.07) is 0.480. The van der Waals surface area contributed by atoms with Crippen molar-refractivity contribution < 1.29 is 0 Å². The van der Waals surface area contributed by atoms with Crippen LogP contribution in [0, 0.1) is 3.57 Å². The Balaban J connectivity index is 2.58. The minimum atomic E-state index is 0.480. The quantitative estimate of drug-likeness (QED) is 0.867. The van der Waals surface area contributed by atoms with Gasteiger partial charge in [0.2, 0.25) is 0 Å². The van der Waals surface area contributed by atoms with Gasteiger partial charge in [-0.05, 0) is 35.9 Å². The van der Waals surface area contributed by atoms with Crippen LogP contribution < -0.4 is 5.32 Å². The second-order valence-corrected chi connectivity index (χ2v) is 4.22. The van der Waals surface area contributed by atoms with Crippen LogP contribution in [0.3, 0.4) is 0 Å². The molecule has 4 heteroatoms. The maximum atomic E-state index is 4.17. The van der Waals surface area contributed by atoms with E-state index in [2.05, 4.69) is 51.7 Å². The van der Waals surface area contributed by atoms with Gasteiger partial charge in [-0.25, -0.2) is 9.97 Å². The molecule has 1 N–H and O–H groups in total. The van der Waals surface area contributed by atoms with E-state index in [-0.39, 0.29) is 0 Å². The largest absolute Gasteiger partial charge is 0.367 e. The van der Waals surface area contributed by atoms with Crippen LogP contribution in [0.4, 0.5) is 5.82 Å². The Morgan fingerprint density at radius 2 is 2.38 bits per heavy atom. The molecule has 0 aliphatic heterocycles. The van der Waals surface area contributed by atoms with Crippen LogP contribution in [0.1, 0.15) is 26.7 Å². The van der Waals surface area contributed by atoms with E-state index in [4.69, 9.17) is 0 Å². The van der Waals surface area contributed by atoms with Gasteiger partial charge in [0.25, 0.3) is 0 Å². The predicted molar refractivity (Wildman–Crippen MR) is 62.7 cm³/mol. The van der Waals surface area contributed by atoms with Gasteiger partial charge < -0.3 is 5.32 Å². The summed E-state index contributed by atoms with van der Waals surface area (Å²) in [4.78, 5) is 8.11. The molecule has 0 spiro atoms. The number of rotatable bonds is 4. The summed E-state index contributed by atoms with van der Waals surface area (Å²) >= 11 is 2.23. The zero-order valence-corrected chi connectivity index (χ0v) is 10.1. The van der Waals surface area contributed by atoms with Crippen molar-refractivity contribution in [2.75, 3.05) is 5.32 Å².